The molecule has 26 heavy (non-hydrogen) atoms. The van der Waals surface area contributed by atoms with Gasteiger partial charge in [0.05, 0.1) is 0 Å². The Morgan fingerprint density at radius 1 is 1.00 bits per heavy atom. The molecular formula is C23H18O3. The van der Waals surface area contributed by atoms with Gasteiger partial charge in [0.25, 0.3) is 0 Å². The molecule has 0 saturated carbocycles. The summed E-state index contributed by atoms with van der Waals surface area (Å²) in [6.45, 7) is 0. The van der Waals surface area contributed by atoms with Gasteiger partial charge in [0.1, 0.15) is 17.6 Å². The van der Waals surface area contributed by atoms with E-state index in [1.165, 1.54) is 6.07 Å². The quantitative estimate of drug-likeness (QED) is 0.538. The lowest BCUT2D eigenvalue weighted by molar-refractivity contribution is 0.104. The van der Waals surface area contributed by atoms with E-state index in [1.807, 2.05) is 60.7 Å². The Morgan fingerprint density at radius 3 is 2.42 bits per heavy atom. The molecule has 0 unspecified atom stereocenters. The van der Waals surface area contributed by atoms with Crippen molar-refractivity contribution in [3.05, 3.63) is 101 Å². The summed E-state index contributed by atoms with van der Waals surface area (Å²) in [7, 11) is 0. The highest BCUT2D eigenvalue weighted by Crippen LogP contribution is 2.41. The molecule has 1 heterocycles. The molecule has 0 bridgehead atoms. The average Bonchev–Trinajstić information content (AvgIpc) is 3.11. The fourth-order valence-corrected chi connectivity index (χ4v) is 3.23. The van der Waals surface area contributed by atoms with E-state index in [0.29, 0.717) is 17.7 Å². The highest BCUT2D eigenvalue weighted by Gasteiger charge is 2.29. The van der Waals surface area contributed by atoms with Crippen LogP contribution in [0.2, 0.25) is 0 Å². The van der Waals surface area contributed by atoms with E-state index in [2.05, 4.69) is 0 Å². The van der Waals surface area contributed by atoms with Crippen LogP contribution in [0.1, 0.15) is 33.2 Å². The SMILES string of the molecule is O=C(C=Cc1ccccc1)c1cc(O)cc2c1C[C@@H](c1ccccc1)O2. The first-order valence-corrected chi connectivity index (χ1v) is 8.55. The second-order valence-corrected chi connectivity index (χ2v) is 6.30. The number of hydrogen-bond donors (Lipinski definition) is 1. The first-order valence-electron chi connectivity index (χ1n) is 8.55. The van der Waals surface area contributed by atoms with Gasteiger partial charge < -0.3 is 9.84 Å². The van der Waals surface area contributed by atoms with Crippen LogP contribution in [0.5, 0.6) is 11.5 Å². The second-order valence-electron chi connectivity index (χ2n) is 6.30. The molecule has 0 amide bonds. The number of allylic oxidation sites excluding steroid dienone is 1. The molecule has 4 rings (SSSR count). The first-order chi connectivity index (χ1) is 12.7. The van der Waals surface area contributed by atoms with E-state index in [4.69, 9.17) is 4.74 Å². The number of phenols is 1. The minimum absolute atomic E-state index is 0.0360. The van der Waals surface area contributed by atoms with Crippen molar-refractivity contribution in [1.29, 1.82) is 0 Å². The van der Waals surface area contributed by atoms with E-state index >= 15 is 0 Å². The van der Waals surface area contributed by atoms with Gasteiger partial charge in [-0.2, -0.15) is 0 Å². The number of aromatic hydroxyl groups is 1. The van der Waals surface area contributed by atoms with Gasteiger partial charge in [-0.05, 0) is 23.3 Å². The molecule has 3 nitrogen and oxygen atoms in total. The smallest absolute Gasteiger partial charge is 0.186 e. The highest BCUT2D eigenvalue weighted by molar-refractivity contribution is 6.08. The van der Waals surface area contributed by atoms with E-state index in [1.54, 1.807) is 18.2 Å². The number of benzene rings is 3. The van der Waals surface area contributed by atoms with Crippen molar-refractivity contribution in [2.45, 2.75) is 12.5 Å². The summed E-state index contributed by atoms with van der Waals surface area (Å²) >= 11 is 0. The van der Waals surface area contributed by atoms with Crippen molar-refractivity contribution < 1.29 is 14.6 Å². The summed E-state index contributed by atoms with van der Waals surface area (Å²) in [6, 6.07) is 22.7. The van der Waals surface area contributed by atoms with Crippen LogP contribution in [0.15, 0.2) is 78.9 Å². The maximum absolute atomic E-state index is 12.7. The molecule has 0 aliphatic carbocycles. The standard InChI is InChI=1S/C23H18O3/c24-18-13-19(21(25)12-11-16-7-3-1-4-8-16)20-15-22(26-23(20)14-18)17-9-5-2-6-10-17/h1-14,22,24H,15H2/t22-/m0/s1. The van der Waals surface area contributed by atoms with Gasteiger partial charge in [0.2, 0.25) is 0 Å². The number of ether oxygens (including phenoxy) is 1. The molecule has 1 N–H and O–H groups in total. The van der Waals surface area contributed by atoms with Gasteiger partial charge in [0, 0.05) is 23.6 Å². The Morgan fingerprint density at radius 2 is 1.69 bits per heavy atom. The summed E-state index contributed by atoms with van der Waals surface area (Å²) in [5, 5.41) is 10.0. The van der Waals surface area contributed by atoms with Crippen LogP contribution < -0.4 is 4.74 Å². The van der Waals surface area contributed by atoms with Crippen LogP contribution in [-0.4, -0.2) is 10.9 Å². The fraction of sp³-hybridized carbons (Fsp3) is 0.0870. The van der Waals surface area contributed by atoms with Crippen molar-refractivity contribution >= 4 is 11.9 Å². The van der Waals surface area contributed by atoms with Gasteiger partial charge >= 0.3 is 0 Å². The van der Waals surface area contributed by atoms with E-state index in [-0.39, 0.29) is 17.6 Å². The molecule has 3 aromatic carbocycles. The van der Waals surface area contributed by atoms with Gasteiger partial charge in [-0.15, -0.1) is 0 Å². The van der Waals surface area contributed by atoms with E-state index in [9.17, 15) is 9.90 Å². The van der Waals surface area contributed by atoms with Gasteiger partial charge in [0.15, 0.2) is 5.78 Å². The lowest BCUT2D eigenvalue weighted by Crippen LogP contribution is -2.03. The molecule has 1 aliphatic heterocycles. The maximum Gasteiger partial charge on any atom is 0.186 e. The zero-order chi connectivity index (χ0) is 17.9. The second kappa shape index (κ2) is 6.89. The number of phenolic OH excluding ortho intramolecular Hbond substituents is 1. The predicted molar refractivity (Wildman–Crippen MR) is 101 cm³/mol. The maximum atomic E-state index is 12.7. The van der Waals surface area contributed by atoms with Crippen LogP contribution in [0.3, 0.4) is 0 Å². The third-order valence-corrected chi connectivity index (χ3v) is 4.52. The van der Waals surface area contributed by atoms with Gasteiger partial charge in [-0.1, -0.05) is 66.7 Å². The molecule has 128 valence electrons. The Labute approximate surface area is 152 Å². The number of carbonyl (C=O) groups excluding carboxylic acids is 1. The van der Waals surface area contributed by atoms with Crippen LogP contribution in [-0.2, 0) is 6.42 Å². The Balaban J connectivity index is 1.63. The predicted octanol–water partition coefficient (Wildman–Crippen LogP) is 4.96. The number of ketones is 1. The third-order valence-electron chi connectivity index (χ3n) is 4.52. The normalized spacial score (nSPS) is 15.6. The number of fused-ring (bicyclic) bond motifs is 1. The lowest BCUT2D eigenvalue weighted by Gasteiger charge is -2.10. The number of rotatable bonds is 4. The van der Waals surface area contributed by atoms with Crippen molar-refractivity contribution in [1.82, 2.24) is 0 Å². The molecule has 1 atom stereocenters. The summed E-state index contributed by atoms with van der Waals surface area (Å²) in [6.07, 6.45) is 3.79. The van der Waals surface area contributed by atoms with Crippen LogP contribution >= 0.6 is 0 Å². The number of carbonyl (C=O) groups is 1. The highest BCUT2D eigenvalue weighted by atomic mass is 16.5. The average molecular weight is 342 g/mol. The molecular weight excluding hydrogens is 324 g/mol. The van der Waals surface area contributed by atoms with Crippen LogP contribution in [0.4, 0.5) is 0 Å². The first kappa shape index (κ1) is 16.2. The summed E-state index contributed by atoms with van der Waals surface area (Å²) in [5.74, 6) is 0.475. The van der Waals surface area contributed by atoms with Crippen LogP contribution in [0, 0.1) is 0 Å². The largest absolute Gasteiger partial charge is 0.508 e. The molecule has 0 aromatic heterocycles. The minimum atomic E-state index is -0.141. The molecule has 0 radical (unpaired) electrons. The zero-order valence-corrected chi connectivity index (χ0v) is 14.1. The molecule has 0 saturated heterocycles. The molecule has 0 fully saturated rings. The van der Waals surface area contributed by atoms with E-state index < -0.39 is 0 Å². The van der Waals surface area contributed by atoms with Crippen molar-refractivity contribution in [3.8, 4) is 11.5 Å². The number of hydrogen-bond acceptors (Lipinski definition) is 3. The molecule has 3 heteroatoms. The molecule has 0 spiro atoms. The Hall–Kier alpha value is -3.33. The van der Waals surface area contributed by atoms with Crippen molar-refractivity contribution in [3.63, 3.8) is 0 Å². The Kier molecular flexibility index (Phi) is 4.28. The molecule has 3 aromatic rings. The fourth-order valence-electron chi connectivity index (χ4n) is 3.23. The summed E-state index contributed by atoms with van der Waals surface area (Å²) < 4.78 is 5.99. The van der Waals surface area contributed by atoms with Gasteiger partial charge in [-0.25, -0.2) is 0 Å². The Bertz CT molecular complexity index is 960. The zero-order valence-electron chi connectivity index (χ0n) is 14.1. The third kappa shape index (κ3) is 3.24. The minimum Gasteiger partial charge on any atom is -0.508 e. The van der Waals surface area contributed by atoms with Crippen molar-refractivity contribution in [2.75, 3.05) is 0 Å². The summed E-state index contributed by atoms with van der Waals surface area (Å²) in [4.78, 5) is 12.7. The van der Waals surface area contributed by atoms with Crippen LogP contribution in [0.25, 0.3) is 6.08 Å². The molecule has 1 aliphatic rings. The lowest BCUT2D eigenvalue weighted by atomic mass is 9.96. The van der Waals surface area contributed by atoms with E-state index in [0.717, 1.165) is 16.7 Å². The van der Waals surface area contributed by atoms with Gasteiger partial charge in [-0.3, -0.25) is 4.79 Å². The summed E-state index contributed by atoms with van der Waals surface area (Å²) in [5.41, 5.74) is 3.35. The topological polar surface area (TPSA) is 46.5 Å². The monoisotopic (exact) mass is 342 g/mol. The van der Waals surface area contributed by atoms with Crippen molar-refractivity contribution in [2.24, 2.45) is 0 Å².